The molecule has 6 nitrogen and oxygen atoms in total. The Balaban J connectivity index is 2.49. The van der Waals surface area contributed by atoms with E-state index in [1.165, 1.54) is 14.2 Å². The predicted molar refractivity (Wildman–Crippen MR) is 82.8 cm³/mol. The van der Waals surface area contributed by atoms with Crippen molar-refractivity contribution in [3.8, 4) is 17.2 Å². The molecule has 116 valence electrons. The highest BCUT2D eigenvalue weighted by Crippen LogP contribution is 2.34. The molecule has 0 saturated heterocycles. The average molecular weight is 303 g/mol. The first-order chi connectivity index (χ1) is 10.6. The van der Waals surface area contributed by atoms with Crippen molar-refractivity contribution in [1.29, 1.82) is 0 Å². The summed E-state index contributed by atoms with van der Waals surface area (Å²) in [5.41, 5.74) is 1.05. The average Bonchev–Trinajstić information content (AvgIpc) is 2.54. The van der Waals surface area contributed by atoms with Gasteiger partial charge in [-0.15, -0.1) is 0 Å². The van der Waals surface area contributed by atoms with Gasteiger partial charge in [-0.25, -0.2) is 4.79 Å². The minimum absolute atomic E-state index is 0.0508. The molecule has 0 aliphatic rings. The quantitative estimate of drug-likeness (QED) is 0.853. The van der Waals surface area contributed by atoms with Crippen LogP contribution in [0.3, 0.4) is 0 Å². The molecular weight excluding hydrogens is 286 g/mol. The monoisotopic (exact) mass is 303 g/mol. The Morgan fingerprint density at radius 1 is 0.955 bits per heavy atom. The number of carbonyl (C=O) groups is 1. The number of ether oxygens (including phenoxy) is 3. The molecule has 22 heavy (non-hydrogen) atoms. The van der Waals surface area contributed by atoms with Gasteiger partial charge in [0.05, 0.1) is 32.7 Å². The molecule has 0 aliphatic carbocycles. The molecule has 0 unspecified atom stereocenters. The predicted octanol–water partition coefficient (Wildman–Crippen LogP) is 3.15. The maximum atomic E-state index is 11.5. The molecule has 6 heteroatoms. The smallest absolute Gasteiger partial charge is 0.341 e. The molecule has 2 N–H and O–H groups in total. The topological polar surface area (TPSA) is 77.0 Å². The lowest BCUT2D eigenvalue weighted by Crippen LogP contribution is -2.06. The fraction of sp³-hybridized carbons (Fsp3) is 0.188. The Hall–Kier alpha value is -2.89. The molecule has 0 spiro atoms. The third kappa shape index (κ3) is 3.06. The van der Waals surface area contributed by atoms with Crippen LogP contribution in [0.4, 0.5) is 11.4 Å². The second kappa shape index (κ2) is 6.71. The summed E-state index contributed by atoms with van der Waals surface area (Å²) in [4.78, 5) is 11.5. The van der Waals surface area contributed by atoms with E-state index in [0.717, 1.165) is 0 Å². The fourth-order valence-electron chi connectivity index (χ4n) is 2.08. The van der Waals surface area contributed by atoms with E-state index in [2.05, 4.69) is 5.32 Å². The summed E-state index contributed by atoms with van der Waals surface area (Å²) in [5, 5.41) is 12.5. The van der Waals surface area contributed by atoms with Crippen LogP contribution in [0.1, 0.15) is 10.4 Å². The van der Waals surface area contributed by atoms with Gasteiger partial charge in [-0.05, 0) is 24.3 Å². The van der Waals surface area contributed by atoms with E-state index >= 15 is 0 Å². The highest BCUT2D eigenvalue weighted by atomic mass is 16.5. The van der Waals surface area contributed by atoms with E-state index in [0.29, 0.717) is 22.9 Å². The molecule has 0 fully saturated rings. The van der Waals surface area contributed by atoms with Crippen molar-refractivity contribution in [2.75, 3.05) is 26.6 Å². The standard InChI is InChI=1S/C16H17NO5/c1-20-10-7-8-13(21-2)12(9-10)17-11-5-4-6-14(22-3)15(11)16(18)19/h4-9,17H,1-3H3,(H,18,19). The van der Waals surface area contributed by atoms with Crippen LogP contribution in [0.2, 0.25) is 0 Å². The van der Waals surface area contributed by atoms with Gasteiger partial charge in [0.15, 0.2) is 0 Å². The van der Waals surface area contributed by atoms with Crippen molar-refractivity contribution >= 4 is 17.3 Å². The van der Waals surface area contributed by atoms with Crippen molar-refractivity contribution < 1.29 is 24.1 Å². The molecule has 0 saturated carbocycles. The summed E-state index contributed by atoms with van der Waals surface area (Å²) in [6, 6.07) is 10.2. The number of aromatic carboxylic acids is 1. The van der Waals surface area contributed by atoms with E-state index in [1.54, 1.807) is 43.5 Å². The van der Waals surface area contributed by atoms with Gasteiger partial charge in [0.1, 0.15) is 22.8 Å². The lowest BCUT2D eigenvalue weighted by molar-refractivity contribution is 0.0694. The molecule has 2 rings (SSSR count). The Bertz CT molecular complexity index is 684. The second-order valence-electron chi connectivity index (χ2n) is 4.38. The van der Waals surface area contributed by atoms with Gasteiger partial charge in [-0.3, -0.25) is 0 Å². The number of hydrogen-bond donors (Lipinski definition) is 2. The second-order valence-corrected chi connectivity index (χ2v) is 4.38. The van der Waals surface area contributed by atoms with Crippen LogP contribution in [0.5, 0.6) is 17.2 Å². The first-order valence-corrected chi connectivity index (χ1v) is 6.50. The van der Waals surface area contributed by atoms with Gasteiger partial charge < -0.3 is 24.6 Å². The normalized spacial score (nSPS) is 9.95. The van der Waals surface area contributed by atoms with E-state index < -0.39 is 5.97 Å². The van der Waals surface area contributed by atoms with Crippen molar-refractivity contribution in [3.63, 3.8) is 0 Å². The van der Waals surface area contributed by atoms with Gasteiger partial charge in [0.25, 0.3) is 0 Å². The SMILES string of the molecule is COc1ccc(OC)c(Nc2cccc(OC)c2C(=O)O)c1. The Labute approximate surface area is 128 Å². The van der Waals surface area contributed by atoms with Gasteiger partial charge >= 0.3 is 5.97 Å². The van der Waals surface area contributed by atoms with Crippen LogP contribution >= 0.6 is 0 Å². The van der Waals surface area contributed by atoms with Crippen molar-refractivity contribution in [3.05, 3.63) is 42.0 Å². The number of methoxy groups -OCH3 is 3. The van der Waals surface area contributed by atoms with E-state index in [1.807, 2.05) is 0 Å². The first-order valence-electron chi connectivity index (χ1n) is 6.50. The minimum Gasteiger partial charge on any atom is -0.497 e. The lowest BCUT2D eigenvalue weighted by atomic mass is 10.1. The number of benzene rings is 2. The molecule has 0 aromatic heterocycles. The van der Waals surface area contributed by atoms with Crippen molar-refractivity contribution in [2.24, 2.45) is 0 Å². The number of nitrogens with one attached hydrogen (secondary N) is 1. The molecule has 0 atom stereocenters. The molecular formula is C16H17NO5. The summed E-state index contributed by atoms with van der Waals surface area (Å²) in [5.74, 6) is 0.393. The molecule has 0 aliphatic heterocycles. The fourth-order valence-corrected chi connectivity index (χ4v) is 2.08. The summed E-state index contributed by atoms with van der Waals surface area (Å²) < 4.78 is 15.6. The highest BCUT2D eigenvalue weighted by molar-refractivity contribution is 5.98. The van der Waals surface area contributed by atoms with Crippen LogP contribution in [-0.4, -0.2) is 32.4 Å². The summed E-state index contributed by atoms with van der Waals surface area (Å²) in [6.45, 7) is 0. The molecule has 2 aromatic carbocycles. The molecule has 0 bridgehead atoms. The maximum Gasteiger partial charge on any atom is 0.341 e. The number of carboxylic acid groups (broad SMARTS) is 1. The van der Waals surface area contributed by atoms with Gasteiger partial charge in [-0.1, -0.05) is 6.07 Å². The van der Waals surface area contributed by atoms with Gasteiger partial charge in [-0.2, -0.15) is 0 Å². The zero-order chi connectivity index (χ0) is 16.1. The Morgan fingerprint density at radius 3 is 2.27 bits per heavy atom. The molecule has 0 amide bonds. The van der Waals surface area contributed by atoms with Crippen LogP contribution < -0.4 is 19.5 Å². The third-order valence-electron chi connectivity index (χ3n) is 3.14. The maximum absolute atomic E-state index is 11.5. The first kappa shape index (κ1) is 15.5. The third-order valence-corrected chi connectivity index (χ3v) is 3.14. The van der Waals surface area contributed by atoms with Crippen molar-refractivity contribution in [2.45, 2.75) is 0 Å². The lowest BCUT2D eigenvalue weighted by Gasteiger charge is -2.15. The number of hydrogen-bond acceptors (Lipinski definition) is 5. The zero-order valence-corrected chi connectivity index (χ0v) is 12.5. The largest absolute Gasteiger partial charge is 0.497 e. The van der Waals surface area contributed by atoms with Crippen LogP contribution in [-0.2, 0) is 0 Å². The summed E-state index contributed by atoms with van der Waals surface area (Å²) >= 11 is 0. The van der Waals surface area contributed by atoms with E-state index in [9.17, 15) is 9.90 Å². The highest BCUT2D eigenvalue weighted by Gasteiger charge is 2.17. The minimum atomic E-state index is -1.08. The van der Waals surface area contributed by atoms with Crippen LogP contribution in [0.15, 0.2) is 36.4 Å². The van der Waals surface area contributed by atoms with Crippen molar-refractivity contribution in [1.82, 2.24) is 0 Å². The number of carboxylic acids is 1. The zero-order valence-electron chi connectivity index (χ0n) is 12.5. The van der Waals surface area contributed by atoms with Gasteiger partial charge in [0.2, 0.25) is 0 Å². The van der Waals surface area contributed by atoms with E-state index in [4.69, 9.17) is 14.2 Å². The number of anilines is 2. The Kier molecular flexibility index (Phi) is 4.73. The molecule has 0 heterocycles. The van der Waals surface area contributed by atoms with Crippen LogP contribution in [0, 0.1) is 0 Å². The Morgan fingerprint density at radius 2 is 1.68 bits per heavy atom. The van der Waals surface area contributed by atoms with Gasteiger partial charge in [0, 0.05) is 6.07 Å². The summed E-state index contributed by atoms with van der Waals surface area (Å²) in [6.07, 6.45) is 0. The van der Waals surface area contributed by atoms with E-state index in [-0.39, 0.29) is 11.3 Å². The summed E-state index contributed by atoms with van der Waals surface area (Å²) in [7, 11) is 4.52. The van der Waals surface area contributed by atoms with Crippen LogP contribution in [0.25, 0.3) is 0 Å². The molecule has 2 aromatic rings. The molecule has 0 radical (unpaired) electrons. The number of rotatable bonds is 6.